The van der Waals surface area contributed by atoms with Crippen molar-refractivity contribution in [2.45, 2.75) is 63.3 Å². The molecule has 1 saturated carbocycles. The third kappa shape index (κ3) is 6.12. The van der Waals surface area contributed by atoms with Gasteiger partial charge in [-0.1, -0.05) is 6.92 Å². The summed E-state index contributed by atoms with van der Waals surface area (Å²) in [5.74, 6) is -3.19. The van der Waals surface area contributed by atoms with Crippen molar-refractivity contribution in [1.29, 1.82) is 0 Å². The van der Waals surface area contributed by atoms with Gasteiger partial charge in [-0.25, -0.2) is 26.6 Å². The standard InChI is InChI=1S/C30H32F3N3O3S/c1-17-10-20(12-22(34)11-17)23-4-7-35-16-21(23)15-28(37)27-3-2-24(31)30(36-27)29-25(32)13-19(14-26(29)33)18-5-8-40(38,39)9-6-18/h2-4,7,13-14,16-18,20,22H,5-6,8-12,15,34H2,1H3/t17-,20+,22-/m0/s1. The van der Waals surface area contributed by atoms with Crippen molar-refractivity contribution >= 4 is 15.6 Å². The minimum Gasteiger partial charge on any atom is -0.328 e. The molecule has 212 valence electrons. The molecule has 5 rings (SSSR count). The maximum Gasteiger partial charge on any atom is 0.185 e. The van der Waals surface area contributed by atoms with E-state index in [4.69, 9.17) is 5.73 Å². The molecule has 3 atom stereocenters. The van der Waals surface area contributed by atoms with Crippen LogP contribution in [0.25, 0.3) is 11.3 Å². The van der Waals surface area contributed by atoms with Gasteiger partial charge in [0.25, 0.3) is 0 Å². The molecular formula is C30H32F3N3O3S. The van der Waals surface area contributed by atoms with Gasteiger partial charge in [0.2, 0.25) is 0 Å². The van der Waals surface area contributed by atoms with E-state index in [1.54, 1.807) is 12.4 Å². The molecule has 0 unspecified atom stereocenters. The van der Waals surface area contributed by atoms with E-state index in [1.807, 2.05) is 6.07 Å². The van der Waals surface area contributed by atoms with Gasteiger partial charge in [0.1, 0.15) is 38.7 Å². The number of Topliss-reactive ketones (excluding diaryl/α,β-unsaturated/α-hetero) is 1. The first kappa shape index (κ1) is 28.4. The second kappa shape index (κ2) is 11.4. The maximum absolute atomic E-state index is 15.2. The van der Waals surface area contributed by atoms with E-state index >= 15 is 8.78 Å². The minimum atomic E-state index is -3.14. The van der Waals surface area contributed by atoms with E-state index in [-0.39, 0.29) is 54.3 Å². The Morgan fingerprint density at radius 2 is 1.68 bits per heavy atom. The Bertz CT molecular complexity index is 1500. The fourth-order valence-electron chi connectivity index (χ4n) is 6.21. The van der Waals surface area contributed by atoms with Crippen molar-refractivity contribution in [3.05, 3.63) is 82.6 Å². The predicted octanol–water partition coefficient (Wildman–Crippen LogP) is 5.51. The summed E-state index contributed by atoms with van der Waals surface area (Å²) in [6.07, 6.45) is 6.51. The van der Waals surface area contributed by atoms with Gasteiger partial charge in [0.05, 0.1) is 17.1 Å². The first-order valence-corrected chi connectivity index (χ1v) is 15.4. The summed E-state index contributed by atoms with van der Waals surface area (Å²) in [6, 6.07) is 6.38. The van der Waals surface area contributed by atoms with Crippen LogP contribution < -0.4 is 5.73 Å². The van der Waals surface area contributed by atoms with Crippen molar-refractivity contribution in [2.75, 3.05) is 11.5 Å². The number of benzene rings is 1. The highest BCUT2D eigenvalue weighted by Gasteiger charge is 2.29. The second-order valence-electron chi connectivity index (χ2n) is 11.3. The normalized spacial score (nSPS) is 23.2. The molecule has 2 fully saturated rings. The van der Waals surface area contributed by atoms with E-state index in [9.17, 15) is 17.6 Å². The van der Waals surface area contributed by atoms with Gasteiger partial charge in [-0.3, -0.25) is 9.78 Å². The monoisotopic (exact) mass is 571 g/mol. The number of carbonyl (C=O) groups is 1. The minimum absolute atomic E-state index is 0.0458. The number of nitrogens with two attached hydrogens (primary N) is 1. The van der Waals surface area contributed by atoms with E-state index in [1.165, 1.54) is 6.07 Å². The summed E-state index contributed by atoms with van der Waals surface area (Å²) in [5, 5.41) is 0. The largest absolute Gasteiger partial charge is 0.328 e. The fraction of sp³-hybridized carbons (Fsp3) is 0.433. The topological polar surface area (TPSA) is 103 Å². The maximum atomic E-state index is 15.2. The molecule has 3 aromatic rings. The lowest BCUT2D eigenvalue weighted by Gasteiger charge is -2.32. The van der Waals surface area contributed by atoms with Crippen LogP contribution in [0.5, 0.6) is 0 Å². The molecule has 1 aliphatic heterocycles. The summed E-state index contributed by atoms with van der Waals surface area (Å²) >= 11 is 0. The summed E-state index contributed by atoms with van der Waals surface area (Å²) in [7, 11) is -3.14. The fourth-order valence-corrected chi connectivity index (χ4v) is 7.70. The smallest absolute Gasteiger partial charge is 0.185 e. The van der Waals surface area contributed by atoms with Crippen LogP contribution in [0.3, 0.4) is 0 Å². The van der Waals surface area contributed by atoms with Crippen LogP contribution in [0.2, 0.25) is 0 Å². The molecule has 1 saturated heterocycles. The molecule has 0 radical (unpaired) electrons. The number of ketones is 1. The molecule has 2 N–H and O–H groups in total. The SMILES string of the molecule is C[C@@H]1C[C@H](N)C[C@H](c2ccncc2CC(=O)c2ccc(F)c(-c3c(F)cc(C4CCS(=O)(=O)CC4)cc3F)n2)C1. The van der Waals surface area contributed by atoms with Crippen molar-refractivity contribution in [2.24, 2.45) is 11.7 Å². The Kier molecular flexibility index (Phi) is 8.10. The van der Waals surface area contributed by atoms with Crippen LogP contribution in [-0.4, -0.2) is 41.7 Å². The van der Waals surface area contributed by atoms with Gasteiger partial charge in [0.15, 0.2) is 5.78 Å². The Morgan fingerprint density at radius 3 is 2.35 bits per heavy atom. The van der Waals surface area contributed by atoms with E-state index < -0.39 is 44.3 Å². The zero-order valence-corrected chi connectivity index (χ0v) is 23.1. The van der Waals surface area contributed by atoms with Crippen LogP contribution in [-0.2, 0) is 16.3 Å². The van der Waals surface area contributed by atoms with Gasteiger partial charge in [-0.15, -0.1) is 0 Å². The quantitative estimate of drug-likeness (QED) is 0.392. The Morgan fingerprint density at radius 1 is 0.975 bits per heavy atom. The molecule has 6 nitrogen and oxygen atoms in total. The zero-order chi connectivity index (χ0) is 28.6. The van der Waals surface area contributed by atoms with Crippen molar-refractivity contribution in [1.82, 2.24) is 9.97 Å². The van der Waals surface area contributed by atoms with Crippen LogP contribution in [0.4, 0.5) is 13.2 Å². The van der Waals surface area contributed by atoms with Crippen LogP contribution >= 0.6 is 0 Å². The lowest BCUT2D eigenvalue weighted by Crippen LogP contribution is -2.31. The molecule has 3 heterocycles. The third-order valence-electron chi connectivity index (χ3n) is 8.17. The molecule has 40 heavy (non-hydrogen) atoms. The first-order chi connectivity index (χ1) is 19.0. The molecule has 0 amide bonds. The molecular weight excluding hydrogens is 539 g/mol. The lowest BCUT2D eigenvalue weighted by atomic mass is 9.75. The number of halogens is 3. The highest BCUT2D eigenvalue weighted by atomic mass is 32.2. The summed E-state index contributed by atoms with van der Waals surface area (Å²) in [5.41, 5.74) is 6.94. The highest BCUT2D eigenvalue weighted by Crippen LogP contribution is 2.38. The van der Waals surface area contributed by atoms with Crippen molar-refractivity contribution < 1.29 is 26.4 Å². The third-order valence-corrected chi connectivity index (χ3v) is 9.89. The van der Waals surface area contributed by atoms with Gasteiger partial charge in [0, 0.05) is 24.9 Å². The number of aromatic nitrogens is 2. The number of nitrogens with zero attached hydrogens (tertiary/aromatic N) is 2. The van der Waals surface area contributed by atoms with Gasteiger partial charge in [-0.05, 0) is 96.9 Å². The van der Waals surface area contributed by atoms with Crippen molar-refractivity contribution in [3.63, 3.8) is 0 Å². The lowest BCUT2D eigenvalue weighted by molar-refractivity contribution is 0.0987. The van der Waals surface area contributed by atoms with E-state index in [0.717, 1.165) is 48.6 Å². The average Bonchev–Trinajstić information content (AvgIpc) is 2.89. The molecule has 10 heteroatoms. The molecule has 2 aromatic heterocycles. The van der Waals surface area contributed by atoms with E-state index in [0.29, 0.717) is 11.5 Å². The summed E-state index contributed by atoms with van der Waals surface area (Å²) in [4.78, 5) is 21.5. The first-order valence-electron chi connectivity index (χ1n) is 13.6. The number of hydrogen-bond donors (Lipinski definition) is 1. The molecule has 2 aliphatic rings. The number of hydrogen-bond acceptors (Lipinski definition) is 6. The van der Waals surface area contributed by atoms with Crippen LogP contribution in [0.1, 0.15) is 78.0 Å². The van der Waals surface area contributed by atoms with Gasteiger partial charge in [-0.2, -0.15) is 0 Å². The zero-order valence-electron chi connectivity index (χ0n) is 22.2. The summed E-state index contributed by atoms with van der Waals surface area (Å²) < 4.78 is 68.7. The summed E-state index contributed by atoms with van der Waals surface area (Å²) in [6.45, 7) is 2.16. The number of pyridine rings is 2. The van der Waals surface area contributed by atoms with Gasteiger partial charge >= 0.3 is 0 Å². The van der Waals surface area contributed by atoms with Crippen LogP contribution in [0, 0.1) is 23.4 Å². The van der Waals surface area contributed by atoms with E-state index in [2.05, 4.69) is 16.9 Å². The molecule has 0 spiro atoms. The second-order valence-corrected chi connectivity index (χ2v) is 13.6. The number of sulfone groups is 1. The Balaban J connectivity index is 1.41. The Labute approximate surface area is 232 Å². The highest BCUT2D eigenvalue weighted by molar-refractivity contribution is 7.91. The number of carbonyl (C=O) groups excluding carboxylic acids is 1. The van der Waals surface area contributed by atoms with Crippen LogP contribution in [0.15, 0.2) is 42.7 Å². The molecule has 1 aromatic carbocycles. The van der Waals surface area contributed by atoms with Gasteiger partial charge < -0.3 is 5.73 Å². The molecule has 1 aliphatic carbocycles. The number of rotatable bonds is 6. The Hall–Kier alpha value is -3.11. The van der Waals surface area contributed by atoms with Crippen molar-refractivity contribution in [3.8, 4) is 11.3 Å². The average molecular weight is 572 g/mol. The molecule has 0 bridgehead atoms. The predicted molar refractivity (Wildman–Crippen MR) is 146 cm³/mol.